The van der Waals surface area contributed by atoms with Gasteiger partial charge in [-0.25, -0.2) is 0 Å². The summed E-state index contributed by atoms with van der Waals surface area (Å²) >= 11 is 0. The lowest BCUT2D eigenvalue weighted by Crippen LogP contribution is -2.44. The van der Waals surface area contributed by atoms with Gasteiger partial charge in [0.2, 0.25) is 0 Å². The van der Waals surface area contributed by atoms with Gasteiger partial charge in [0.05, 0.1) is 0 Å². The molecular formula is C14H30N2O. The van der Waals surface area contributed by atoms with E-state index >= 15 is 0 Å². The van der Waals surface area contributed by atoms with Crippen molar-refractivity contribution in [2.75, 3.05) is 33.9 Å². The Bertz CT molecular complexity index is 218. The lowest BCUT2D eigenvalue weighted by Gasteiger charge is -2.40. The molecule has 0 radical (unpaired) electrons. The topological polar surface area (TPSA) is 38.5 Å². The summed E-state index contributed by atoms with van der Waals surface area (Å²) in [5, 5.41) is 0. The fourth-order valence-corrected chi connectivity index (χ4v) is 2.93. The van der Waals surface area contributed by atoms with E-state index in [1.165, 1.54) is 19.3 Å². The minimum atomic E-state index is 0.396. The van der Waals surface area contributed by atoms with Crippen LogP contribution in [0.2, 0.25) is 0 Å². The van der Waals surface area contributed by atoms with E-state index in [0.29, 0.717) is 17.4 Å². The summed E-state index contributed by atoms with van der Waals surface area (Å²) in [6.07, 6.45) is 4.84. The molecule has 1 aliphatic rings. The zero-order valence-electron chi connectivity index (χ0n) is 12.0. The Balaban J connectivity index is 2.32. The van der Waals surface area contributed by atoms with Crippen LogP contribution in [0.1, 0.15) is 39.5 Å². The molecule has 3 nitrogen and oxygen atoms in total. The first-order valence-electron chi connectivity index (χ1n) is 6.88. The summed E-state index contributed by atoms with van der Waals surface area (Å²) in [6.45, 7) is 7.84. The molecule has 0 saturated heterocycles. The van der Waals surface area contributed by atoms with E-state index in [1.54, 1.807) is 7.11 Å². The molecule has 0 aromatic rings. The minimum absolute atomic E-state index is 0.396. The molecule has 2 unspecified atom stereocenters. The monoisotopic (exact) mass is 242 g/mol. The van der Waals surface area contributed by atoms with Crippen LogP contribution in [0.4, 0.5) is 0 Å². The molecule has 0 aromatic heterocycles. The van der Waals surface area contributed by atoms with Crippen LogP contribution in [0, 0.1) is 11.3 Å². The summed E-state index contributed by atoms with van der Waals surface area (Å²) in [5.41, 5.74) is 6.73. The van der Waals surface area contributed by atoms with Crippen LogP contribution in [-0.4, -0.2) is 44.8 Å². The number of rotatable bonds is 6. The molecule has 0 heterocycles. The number of ether oxygens (including phenoxy) is 1. The van der Waals surface area contributed by atoms with Crippen molar-refractivity contribution in [3.05, 3.63) is 0 Å². The van der Waals surface area contributed by atoms with Crippen molar-refractivity contribution in [2.24, 2.45) is 17.1 Å². The Labute approximate surface area is 107 Å². The Hall–Kier alpha value is -0.120. The molecule has 0 amide bonds. The SMILES string of the molecule is COCCCN(C)CC1CC(C)(C)CCC1N. The molecular weight excluding hydrogens is 212 g/mol. The van der Waals surface area contributed by atoms with Crippen molar-refractivity contribution in [3.63, 3.8) is 0 Å². The van der Waals surface area contributed by atoms with Gasteiger partial charge in [-0.1, -0.05) is 13.8 Å². The van der Waals surface area contributed by atoms with Crippen LogP contribution in [0.15, 0.2) is 0 Å². The van der Waals surface area contributed by atoms with Crippen LogP contribution in [0.5, 0.6) is 0 Å². The van der Waals surface area contributed by atoms with E-state index in [9.17, 15) is 0 Å². The summed E-state index contributed by atoms with van der Waals surface area (Å²) in [4.78, 5) is 2.41. The number of methoxy groups -OCH3 is 1. The van der Waals surface area contributed by atoms with Crippen molar-refractivity contribution in [1.29, 1.82) is 0 Å². The molecule has 0 bridgehead atoms. The Morgan fingerprint density at radius 2 is 2.12 bits per heavy atom. The lowest BCUT2D eigenvalue weighted by molar-refractivity contribution is 0.118. The number of nitrogens with two attached hydrogens (primary N) is 1. The highest BCUT2D eigenvalue weighted by Crippen LogP contribution is 2.38. The standard InChI is InChI=1S/C14H30N2O/c1-14(2)7-6-13(15)12(10-14)11-16(3)8-5-9-17-4/h12-13H,5-11,15H2,1-4H3. The molecule has 1 saturated carbocycles. The van der Waals surface area contributed by atoms with Gasteiger partial charge in [0.1, 0.15) is 0 Å². The van der Waals surface area contributed by atoms with Crippen molar-refractivity contribution in [3.8, 4) is 0 Å². The summed E-state index contributed by atoms with van der Waals surface area (Å²) < 4.78 is 5.09. The maximum atomic E-state index is 6.25. The van der Waals surface area contributed by atoms with Crippen LogP contribution in [0.25, 0.3) is 0 Å². The summed E-state index contributed by atoms with van der Waals surface area (Å²) in [6, 6.07) is 0.396. The third-order valence-corrected chi connectivity index (χ3v) is 4.01. The maximum Gasteiger partial charge on any atom is 0.0474 e. The number of hydrogen-bond donors (Lipinski definition) is 1. The van der Waals surface area contributed by atoms with Gasteiger partial charge in [-0.05, 0) is 44.1 Å². The lowest BCUT2D eigenvalue weighted by atomic mass is 9.70. The highest BCUT2D eigenvalue weighted by molar-refractivity contribution is 4.88. The fourth-order valence-electron chi connectivity index (χ4n) is 2.93. The normalized spacial score (nSPS) is 28.6. The third-order valence-electron chi connectivity index (χ3n) is 4.01. The van der Waals surface area contributed by atoms with Gasteiger partial charge in [-0.2, -0.15) is 0 Å². The predicted molar refractivity (Wildman–Crippen MR) is 73.1 cm³/mol. The first-order valence-corrected chi connectivity index (χ1v) is 6.88. The van der Waals surface area contributed by atoms with Gasteiger partial charge < -0.3 is 15.4 Å². The van der Waals surface area contributed by atoms with Crippen molar-refractivity contribution < 1.29 is 4.74 Å². The van der Waals surface area contributed by atoms with Crippen LogP contribution >= 0.6 is 0 Å². The van der Waals surface area contributed by atoms with Crippen LogP contribution < -0.4 is 5.73 Å². The summed E-state index contributed by atoms with van der Waals surface area (Å²) in [5.74, 6) is 0.659. The smallest absolute Gasteiger partial charge is 0.0474 e. The van der Waals surface area contributed by atoms with Gasteiger partial charge in [-0.15, -0.1) is 0 Å². The molecule has 0 aliphatic heterocycles. The Morgan fingerprint density at radius 1 is 1.41 bits per heavy atom. The second-order valence-corrected chi connectivity index (χ2v) is 6.44. The molecule has 3 heteroatoms. The molecule has 1 aliphatic carbocycles. The number of nitrogens with zero attached hydrogens (tertiary/aromatic N) is 1. The van der Waals surface area contributed by atoms with Gasteiger partial charge in [0.25, 0.3) is 0 Å². The minimum Gasteiger partial charge on any atom is -0.385 e. The second-order valence-electron chi connectivity index (χ2n) is 6.44. The van der Waals surface area contributed by atoms with E-state index < -0.39 is 0 Å². The van der Waals surface area contributed by atoms with Crippen LogP contribution in [-0.2, 0) is 4.74 Å². The van der Waals surface area contributed by atoms with Crippen molar-refractivity contribution >= 4 is 0 Å². The first kappa shape index (κ1) is 14.9. The van der Waals surface area contributed by atoms with Crippen LogP contribution in [0.3, 0.4) is 0 Å². The third kappa shape index (κ3) is 5.36. The van der Waals surface area contributed by atoms with Crippen molar-refractivity contribution in [2.45, 2.75) is 45.6 Å². The molecule has 17 heavy (non-hydrogen) atoms. The Morgan fingerprint density at radius 3 is 2.76 bits per heavy atom. The second kappa shape index (κ2) is 6.72. The fraction of sp³-hybridized carbons (Fsp3) is 1.00. The maximum absolute atomic E-state index is 6.25. The molecule has 1 rings (SSSR count). The molecule has 2 atom stereocenters. The molecule has 0 aromatic carbocycles. The predicted octanol–water partition coefficient (Wildman–Crippen LogP) is 2.11. The van der Waals surface area contributed by atoms with Crippen molar-refractivity contribution in [1.82, 2.24) is 4.90 Å². The zero-order valence-corrected chi connectivity index (χ0v) is 12.0. The zero-order chi connectivity index (χ0) is 12.9. The van der Waals surface area contributed by atoms with Gasteiger partial charge >= 0.3 is 0 Å². The van der Waals surface area contributed by atoms with E-state index in [0.717, 1.165) is 26.1 Å². The average molecular weight is 242 g/mol. The van der Waals surface area contributed by atoms with Gasteiger partial charge in [-0.3, -0.25) is 0 Å². The van der Waals surface area contributed by atoms with Gasteiger partial charge in [0.15, 0.2) is 0 Å². The average Bonchev–Trinajstić information content (AvgIpc) is 2.24. The molecule has 0 spiro atoms. The quantitative estimate of drug-likeness (QED) is 0.725. The molecule has 1 fully saturated rings. The number of hydrogen-bond acceptors (Lipinski definition) is 3. The van der Waals surface area contributed by atoms with E-state index in [2.05, 4.69) is 25.8 Å². The van der Waals surface area contributed by atoms with E-state index in [4.69, 9.17) is 10.5 Å². The highest BCUT2D eigenvalue weighted by atomic mass is 16.5. The van der Waals surface area contributed by atoms with E-state index in [1.807, 2.05) is 0 Å². The highest BCUT2D eigenvalue weighted by Gasteiger charge is 2.33. The molecule has 102 valence electrons. The first-order chi connectivity index (χ1) is 7.94. The van der Waals surface area contributed by atoms with E-state index in [-0.39, 0.29) is 0 Å². The molecule has 2 N–H and O–H groups in total. The summed E-state index contributed by atoms with van der Waals surface area (Å²) in [7, 11) is 3.96. The Kier molecular flexibility index (Phi) is 5.90. The van der Waals surface area contributed by atoms with Gasteiger partial charge in [0, 0.05) is 32.8 Å². The largest absolute Gasteiger partial charge is 0.385 e.